The highest BCUT2D eigenvalue weighted by Gasteiger charge is 2.24. The number of benzene rings is 1. The van der Waals surface area contributed by atoms with Crippen LogP contribution >= 0.6 is 11.6 Å². The molecular formula is C12H18ClN3O4S2. The minimum absolute atomic E-state index is 0.102. The van der Waals surface area contributed by atoms with Crippen molar-refractivity contribution in [1.29, 1.82) is 0 Å². The number of rotatable bonds is 4. The van der Waals surface area contributed by atoms with Gasteiger partial charge in [-0.25, -0.2) is 27.1 Å². The van der Waals surface area contributed by atoms with Crippen LogP contribution in [0.25, 0.3) is 0 Å². The molecule has 1 aliphatic carbocycles. The SMILES string of the molecule is NS(=O)(=O)c1cc(S(N)(=O)=O)c(NC2CCCCC2)cc1Cl. The van der Waals surface area contributed by atoms with Crippen molar-refractivity contribution in [3.8, 4) is 0 Å². The van der Waals surface area contributed by atoms with Gasteiger partial charge in [0.2, 0.25) is 20.0 Å². The molecule has 124 valence electrons. The van der Waals surface area contributed by atoms with E-state index in [1.54, 1.807) is 0 Å². The molecule has 0 radical (unpaired) electrons. The maximum atomic E-state index is 11.7. The number of hydrogen-bond acceptors (Lipinski definition) is 5. The standard InChI is InChI=1S/C12H18ClN3O4S2/c13-9-6-10(16-8-4-2-1-3-5-8)12(22(15,19)20)7-11(9)21(14,17)18/h6-8,16H,1-5H2,(H2,14,17,18)(H2,15,19,20). The van der Waals surface area contributed by atoms with Crippen molar-refractivity contribution < 1.29 is 16.8 Å². The molecule has 1 aromatic carbocycles. The zero-order chi connectivity index (χ0) is 16.5. The first-order chi connectivity index (χ1) is 10.1. The van der Waals surface area contributed by atoms with Crippen LogP contribution in [0.3, 0.4) is 0 Å². The molecule has 0 aromatic heterocycles. The summed E-state index contributed by atoms with van der Waals surface area (Å²) in [6.45, 7) is 0. The van der Waals surface area contributed by atoms with Crippen LogP contribution in [0.5, 0.6) is 0 Å². The average molecular weight is 368 g/mol. The van der Waals surface area contributed by atoms with Crippen molar-refractivity contribution in [1.82, 2.24) is 0 Å². The van der Waals surface area contributed by atoms with E-state index in [0.717, 1.165) is 38.2 Å². The molecule has 5 N–H and O–H groups in total. The van der Waals surface area contributed by atoms with Crippen LogP contribution in [0.15, 0.2) is 21.9 Å². The minimum atomic E-state index is -4.15. The van der Waals surface area contributed by atoms with Crippen molar-refractivity contribution in [2.45, 2.75) is 47.9 Å². The van der Waals surface area contributed by atoms with Crippen molar-refractivity contribution in [3.63, 3.8) is 0 Å². The van der Waals surface area contributed by atoms with Crippen molar-refractivity contribution in [2.24, 2.45) is 10.3 Å². The zero-order valence-corrected chi connectivity index (χ0v) is 14.1. The molecule has 0 atom stereocenters. The van der Waals surface area contributed by atoms with Gasteiger partial charge in [0.05, 0.1) is 10.7 Å². The Morgan fingerprint density at radius 2 is 1.50 bits per heavy atom. The summed E-state index contributed by atoms with van der Waals surface area (Å²) in [4.78, 5) is -0.793. The normalized spacial score (nSPS) is 17.4. The molecule has 2 rings (SSSR count). The van der Waals surface area contributed by atoms with Gasteiger partial charge in [-0.1, -0.05) is 30.9 Å². The van der Waals surface area contributed by atoms with Crippen LogP contribution in [0, 0.1) is 0 Å². The zero-order valence-electron chi connectivity index (χ0n) is 11.7. The van der Waals surface area contributed by atoms with Gasteiger partial charge in [0, 0.05) is 6.04 Å². The van der Waals surface area contributed by atoms with Gasteiger partial charge in [0.15, 0.2) is 0 Å². The van der Waals surface area contributed by atoms with E-state index in [-0.39, 0.29) is 21.6 Å². The molecule has 0 amide bonds. The first kappa shape index (κ1) is 17.5. The van der Waals surface area contributed by atoms with Crippen LogP contribution in [0.4, 0.5) is 5.69 Å². The second-order valence-electron chi connectivity index (χ2n) is 5.35. The van der Waals surface area contributed by atoms with Gasteiger partial charge in [-0.3, -0.25) is 0 Å². The fourth-order valence-electron chi connectivity index (χ4n) is 2.57. The van der Waals surface area contributed by atoms with E-state index in [9.17, 15) is 16.8 Å². The molecule has 0 spiro atoms. The minimum Gasteiger partial charge on any atom is -0.381 e. The van der Waals surface area contributed by atoms with E-state index < -0.39 is 24.9 Å². The number of halogens is 1. The first-order valence-corrected chi connectivity index (χ1v) is 10.2. The summed E-state index contributed by atoms with van der Waals surface area (Å²) in [5.41, 5.74) is 0.201. The summed E-state index contributed by atoms with van der Waals surface area (Å²) < 4.78 is 46.4. The van der Waals surface area contributed by atoms with E-state index in [1.807, 2.05) is 0 Å². The number of primary sulfonamides is 2. The summed E-state index contributed by atoms with van der Waals surface area (Å²) in [6, 6.07) is 2.25. The third-order valence-corrected chi connectivity index (χ3v) is 5.94. The topological polar surface area (TPSA) is 132 Å². The molecule has 1 saturated carbocycles. The highest BCUT2D eigenvalue weighted by atomic mass is 35.5. The Morgan fingerprint density at radius 3 is 2.00 bits per heavy atom. The maximum absolute atomic E-state index is 11.7. The molecule has 1 aromatic rings. The van der Waals surface area contributed by atoms with Gasteiger partial charge in [-0.15, -0.1) is 0 Å². The Balaban J connectivity index is 2.50. The molecule has 22 heavy (non-hydrogen) atoms. The number of nitrogens with two attached hydrogens (primary N) is 2. The lowest BCUT2D eigenvalue weighted by molar-refractivity contribution is 0.462. The molecule has 0 bridgehead atoms. The number of hydrogen-bond donors (Lipinski definition) is 3. The lowest BCUT2D eigenvalue weighted by atomic mass is 9.95. The summed E-state index contributed by atoms with van der Waals surface area (Å²) in [7, 11) is -8.27. The molecule has 0 aliphatic heterocycles. The molecule has 7 nitrogen and oxygen atoms in total. The van der Waals surface area contributed by atoms with Crippen molar-refractivity contribution in [2.75, 3.05) is 5.32 Å². The number of anilines is 1. The smallest absolute Gasteiger partial charge is 0.240 e. The largest absolute Gasteiger partial charge is 0.381 e. The molecule has 0 heterocycles. The summed E-state index contributed by atoms with van der Waals surface area (Å²) in [5.74, 6) is 0. The molecule has 1 fully saturated rings. The van der Waals surface area contributed by atoms with Crippen LogP contribution < -0.4 is 15.6 Å². The molecule has 0 saturated heterocycles. The highest BCUT2D eigenvalue weighted by molar-refractivity contribution is 7.90. The lowest BCUT2D eigenvalue weighted by Crippen LogP contribution is -2.25. The third kappa shape index (κ3) is 4.11. The Labute approximate surface area is 135 Å². The second-order valence-corrected chi connectivity index (χ2v) is 8.81. The summed E-state index contributed by atoms with van der Waals surface area (Å²) in [5, 5.41) is 13.2. The number of nitrogens with one attached hydrogen (secondary N) is 1. The van der Waals surface area contributed by atoms with Gasteiger partial charge in [-0.2, -0.15) is 0 Å². The molecule has 1 aliphatic rings. The third-order valence-electron chi connectivity index (χ3n) is 3.61. The quantitative estimate of drug-likeness (QED) is 0.739. The van der Waals surface area contributed by atoms with Crippen LogP contribution in [0.2, 0.25) is 5.02 Å². The predicted octanol–water partition coefficient (Wildman–Crippen LogP) is 1.38. The van der Waals surface area contributed by atoms with Gasteiger partial charge in [0.25, 0.3) is 0 Å². The van der Waals surface area contributed by atoms with E-state index in [1.165, 1.54) is 6.07 Å². The van der Waals surface area contributed by atoms with E-state index in [0.29, 0.717) is 0 Å². The predicted molar refractivity (Wildman–Crippen MR) is 84.7 cm³/mol. The monoisotopic (exact) mass is 367 g/mol. The van der Waals surface area contributed by atoms with Crippen LogP contribution in [0.1, 0.15) is 32.1 Å². The first-order valence-electron chi connectivity index (χ1n) is 6.75. The summed E-state index contributed by atoms with van der Waals surface area (Å²) >= 11 is 5.92. The summed E-state index contributed by atoms with van der Waals surface area (Å²) in [6.07, 6.45) is 5.04. The van der Waals surface area contributed by atoms with Crippen molar-refractivity contribution >= 4 is 37.3 Å². The van der Waals surface area contributed by atoms with Crippen molar-refractivity contribution in [3.05, 3.63) is 17.2 Å². The molecule has 0 unspecified atom stereocenters. The average Bonchev–Trinajstić information content (AvgIpc) is 2.37. The van der Waals surface area contributed by atoms with Crippen LogP contribution in [-0.4, -0.2) is 22.9 Å². The number of sulfonamides is 2. The van der Waals surface area contributed by atoms with Gasteiger partial charge in [-0.05, 0) is 25.0 Å². The molecular weight excluding hydrogens is 350 g/mol. The Kier molecular flexibility index (Phi) is 5.03. The Morgan fingerprint density at radius 1 is 0.955 bits per heavy atom. The Hall–Kier alpha value is -0.870. The van der Waals surface area contributed by atoms with E-state index in [4.69, 9.17) is 21.9 Å². The maximum Gasteiger partial charge on any atom is 0.240 e. The van der Waals surface area contributed by atoms with E-state index in [2.05, 4.69) is 5.32 Å². The lowest BCUT2D eigenvalue weighted by Gasteiger charge is -2.25. The van der Waals surface area contributed by atoms with Gasteiger partial charge < -0.3 is 5.32 Å². The van der Waals surface area contributed by atoms with Gasteiger partial charge in [0.1, 0.15) is 9.79 Å². The molecule has 10 heteroatoms. The van der Waals surface area contributed by atoms with E-state index >= 15 is 0 Å². The fraction of sp³-hybridized carbons (Fsp3) is 0.500. The Bertz CT molecular complexity index is 772. The van der Waals surface area contributed by atoms with Crippen LogP contribution in [-0.2, 0) is 20.0 Å². The van der Waals surface area contributed by atoms with Gasteiger partial charge >= 0.3 is 0 Å². The highest BCUT2D eigenvalue weighted by Crippen LogP contribution is 2.32. The second kappa shape index (κ2) is 6.32. The fourth-order valence-corrected chi connectivity index (χ4v) is 4.45.